The minimum absolute atomic E-state index is 0.273. The van der Waals surface area contributed by atoms with Crippen molar-refractivity contribution in [3.8, 4) is 5.75 Å². The van der Waals surface area contributed by atoms with Crippen LogP contribution in [0.2, 0.25) is 0 Å². The van der Waals surface area contributed by atoms with E-state index in [4.69, 9.17) is 4.74 Å². The predicted octanol–water partition coefficient (Wildman–Crippen LogP) is 5.15. The molecule has 0 aliphatic carbocycles. The smallest absolute Gasteiger partial charge is 0.165 e. The summed E-state index contributed by atoms with van der Waals surface area (Å²) in [6, 6.07) is 11.8. The molecule has 3 nitrogen and oxygen atoms in total. The number of benzene rings is 2. The molecule has 4 heteroatoms. The molecule has 146 valence electrons. The Labute approximate surface area is 166 Å². The van der Waals surface area contributed by atoms with Crippen LogP contribution in [0.25, 0.3) is 22.7 Å². The molecule has 0 amide bonds. The summed E-state index contributed by atoms with van der Waals surface area (Å²) < 4.78 is 21.6. The number of methoxy groups -OCH3 is 1. The van der Waals surface area contributed by atoms with E-state index in [1.807, 2.05) is 13.0 Å². The third-order valence-corrected chi connectivity index (χ3v) is 5.78. The van der Waals surface area contributed by atoms with Crippen LogP contribution in [0.5, 0.6) is 5.75 Å². The fourth-order valence-corrected chi connectivity index (χ4v) is 4.14. The molecule has 0 bridgehead atoms. The molecule has 0 atom stereocenters. The second kappa shape index (κ2) is 7.44. The second-order valence-corrected chi connectivity index (χ2v) is 7.78. The van der Waals surface area contributed by atoms with Crippen molar-refractivity contribution in [2.75, 3.05) is 27.2 Å². The van der Waals surface area contributed by atoms with E-state index in [1.54, 1.807) is 12.1 Å². The number of nitrogens with zero attached hydrogens (tertiary/aromatic N) is 2. The Morgan fingerprint density at radius 3 is 2.64 bits per heavy atom. The number of allylic oxidation sites excluding steroid dienone is 1. The van der Waals surface area contributed by atoms with E-state index in [-0.39, 0.29) is 11.6 Å². The third-order valence-electron chi connectivity index (χ3n) is 5.78. The highest BCUT2D eigenvalue weighted by atomic mass is 19.1. The first-order valence-electron chi connectivity index (χ1n) is 9.81. The molecule has 0 spiro atoms. The zero-order valence-electron chi connectivity index (χ0n) is 17.1. The molecule has 2 heterocycles. The SMILES string of the molecule is COc1ccc(C(C)=Cn2c3c(c4cc(C)ccc42)CCN(C)CC3)cc1F. The average Bonchev–Trinajstić information content (AvgIpc) is 2.81. The van der Waals surface area contributed by atoms with Crippen LogP contribution in [0.3, 0.4) is 0 Å². The fraction of sp³-hybridized carbons (Fsp3) is 0.333. The lowest BCUT2D eigenvalue weighted by Gasteiger charge is -2.13. The molecule has 2 aromatic carbocycles. The van der Waals surface area contributed by atoms with Gasteiger partial charge in [-0.1, -0.05) is 17.7 Å². The van der Waals surface area contributed by atoms with Crippen molar-refractivity contribution < 1.29 is 9.13 Å². The maximum atomic E-state index is 14.2. The summed E-state index contributed by atoms with van der Waals surface area (Å²) in [6.45, 7) is 6.31. The van der Waals surface area contributed by atoms with Crippen LogP contribution in [0.15, 0.2) is 36.4 Å². The number of aromatic nitrogens is 1. The number of ether oxygens (including phenoxy) is 1. The first kappa shape index (κ1) is 18.8. The first-order chi connectivity index (χ1) is 13.5. The van der Waals surface area contributed by atoms with Crippen molar-refractivity contribution in [3.63, 3.8) is 0 Å². The lowest BCUT2D eigenvalue weighted by molar-refractivity contribution is 0.351. The van der Waals surface area contributed by atoms with Gasteiger partial charge in [0, 0.05) is 36.8 Å². The van der Waals surface area contributed by atoms with Crippen LogP contribution in [0.1, 0.15) is 29.3 Å². The molecule has 0 saturated carbocycles. The molecule has 3 aromatic rings. The van der Waals surface area contributed by atoms with Crippen LogP contribution in [0.4, 0.5) is 4.39 Å². The number of hydrogen-bond donors (Lipinski definition) is 0. The predicted molar refractivity (Wildman–Crippen MR) is 114 cm³/mol. The van der Waals surface area contributed by atoms with Gasteiger partial charge in [-0.2, -0.15) is 0 Å². The van der Waals surface area contributed by atoms with E-state index in [1.165, 1.54) is 34.8 Å². The molecule has 0 fully saturated rings. The van der Waals surface area contributed by atoms with Crippen molar-refractivity contribution in [1.82, 2.24) is 9.47 Å². The minimum Gasteiger partial charge on any atom is -0.494 e. The summed E-state index contributed by atoms with van der Waals surface area (Å²) >= 11 is 0. The highest BCUT2D eigenvalue weighted by molar-refractivity contribution is 5.90. The lowest BCUT2D eigenvalue weighted by Crippen LogP contribution is -2.21. The Morgan fingerprint density at radius 2 is 1.89 bits per heavy atom. The number of aryl methyl sites for hydroxylation is 1. The number of hydrogen-bond acceptors (Lipinski definition) is 2. The molecule has 1 aliphatic rings. The van der Waals surface area contributed by atoms with Gasteiger partial charge in [0.15, 0.2) is 11.6 Å². The van der Waals surface area contributed by atoms with Gasteiger partial charge in [-0.25, -0.2) is 4.39 Å². The summed E-state index contributed by atoms with van der Waals surface area (Å²) in [4.78, 5) is 2.39. The zero-order valence-corrected chi connectivity index (χ0v) is 17.1. The normalized spacial score (nSPS) is 15.5. The molecule has 0 saturated heterocycles. The summed E-state index contributed by atoms with van der Waals surface area (Å²) in [6.07, 6.45) is 4.23. The third kappa shape index (κ3) is 3.33. The lowest BCUT2D eigenvalue weighted by atomic mass is 10.1. The van der Waals surface area contributed by atoms with Gasteiger partial charge in [0.1, 0.15) is 0 Å². The van der Waals surface area contributed by atoms with Crippen LogP contribution >= 0.6 is 0 Å². The van der Waals surface area contributed by atoms with Crippen molar-refractivity contribution in [2.24, 2.45) is 0 Å². The van der Waals surface area contributed by atoms with Crippen LogP contribution in [0, 0.1) is 12.7 Å². The summed E-state index contributed by atoms with van der Waals surface area (Å²) in [5.74, 6) is -0.0588. The Kier molecular flexibility index (Phi) is 4.98. The molecule has 0 N–H and O–H groups in total. The number of fused-ring (bicyclic) bond motifs is 3. The Balaban J connectivity index is 1.86. The highest BCUT2D eigenvalue weighted by Crippen LogP contribution is 2.32. The van der Waals surface area contributed by atoms with Crippen molar-refractivity contribution in [1.29, 1.82) is 0 Å². The van der Waals surface area contributed by atoms with Crippen molar-refractivity contribution in [2.45, 2.75) is 26.7 Å². The topological polar surface area (TPSA) is 17.4 Å². The van der Waals surface area contributed by atoms with Crippen LogP contribution in [-0.2, 0) is 12.8 Å². The van der Waals surface area contributed by atoms with Gasteiger partial charge in [0.2, 0.25) is 0 Å². The molecular formula is C24H27FN2O. The largest absolute Gasteiger partial charge is 0.494 e. The van der Waals surface area contributed by atoms with Gasteiger partial charge in [-0.15, -0.1) is 0 Å². The molecular weight excluding hydrogens is 351 g/mol. The highest BCUT2D eigenvalue weighted by Gasteiger charge is 2.20. The molecule has 1 aliphatic heterocycles. The standard InChI is InChI=1S/C24H27FN2O/c1-16-5-7-22-20(13-16)19-9-11-26(3)12-10-23(19)27(22)15-17(2)18-6-8-24(28-4)21(25)14-18/h5-8,13-15H,9-12H2,1-4H3. The summed E-state index contributed by atoms with van der Waals surface area (Å²) in [5, 5.41) is 1.34. The van der Waals surface area contributed by atoms with Gasteiger partial charge in [-0.05, 0) is 68.3 Å². The fourth-order valence-electron chi connectivity index (χ4n) is 4.14. The van der Waals surface area contributed by atoms with Gasteiger partial charge in [-0.3, -0.25) is 0 Å². The number of rotatable bonds is 3. The Hall–Kier alpha value is -2.59. The monoisotopic (exact) mass is 378 g/mol. The van der Waals surface area contributed by atoms with Crippen molar-refractivity contribution >= 4 is 22.7 Å². The molecule has 4 rings (SSSR count). The van der Waals surface area contributed by atoms with Crippen LogP contribution in [-0.4, -0.2) is 36.7 Å². The van der Waals surface area contributed by atoms with E-state index in [2.05, 4.69) is 47.8 Å². The van der Waals surface area contributed by atoms with Gasteiger partial charge >= 0.3 is 0 Å². The van der Waals surface area contributed by atoms with E-state index >= 15 is 0 Å². The van der Waals surface area contributed by atoms with Gasteiger partial charge in [0.25, 0.3) is 0 Å². The average molecular weight is 378 g/mol. The quantitative estimate of drug-likeness (QED) is 0.627. The van der Waals surface area contributed by atoms with Crippen LogP contribution < -0.4 is 4.74 Å². The number of likely N-dealkylation sites (N-methyl/N-ethyl adjacent to an activating group) is 1. The Morgan fingerprint density at radius 1 is 1.11 bits per heavy atom. The van der Waals surface area contributed by atoms with Gasteiger partial charge < -0.3 is 14.2 Å². The number of halogens is 1. The molecule has 28 heavy (non-hydrogen) atoms. The minimum atomic E-state index is -0.332. The van der Waals surface area contributed by atoms with E-state index < -0.39 is 0 Å². The van der Waals surface area contributed by atoms with Crippen molar-refractivity contribution in [3.05, 3.63) is 64.6 Å². The van der Waals surface area contributed by atoms with Gasteiger partial charge in [0.05, 0.1) is 12.6 Å². The summed E-state index contributed by atoms with van der Waals surface area (Å²) in [7, 11) is 3.67. The van der Waals surface area contributed by atoms with E-state index in [9.17, 15) is 4.39 Å². The Bertz CT molecular complexity index is 1060. The molecule has 0 unspecified atom stereocenters. The molecule has 1 aromatic heterocycles. The zero-order chi connectivity index (χ0) is 19.8. The maximum Gasteiger partial charge on any atom is 0.165 e. The summed E-state index contributed by atoms with van der Waals surface area (Å²) in [5.41, 5.74) is 7.23. The second-order valence-electron chi connectivity index (χ2n) is 7.78. The maximum absolute atomic E-state index is 14.2. The van der Waals surface area contributed by atoms with E-state index in [0.717, 1.165) is 37.1 Å². The van der Waals surface area contributed by atoms with E-state index in [0.29, 0.717) is 0 Å². The molecule has 0 radical (unpaired) electrons. The first-order valence-corrected chi connectivity index (χ1v) is 9.81.